The Morgan fingerprint density at radius 3 is 2.52 bits per heavy atom. The molecule has 5 nitrogen and oxygen atoms in total. The molecule has 3 fully saturated rings. The lowest BCUT2D eigenvalue weighted by atomic mass is 9.68. The lowest BCUT2D eigenvalue weighted by molar-refractivity contribution is -0.132. The minimum absolute atomic E-state index is 0.183. The summed E-state index contributed by atoms with van der Waals surface area (Å²) in [4.78, 5) is 14.0. The van der Waals surface area contributed by atoms with E-state index in [4.69, 9.17) is 10.6 Å². The number of likely N-dealkylation sites (tertiary alicyclic amines) is 1. The van der Waals surface area contributed by atoms with Crippen LogP contribution in [0.15, 0.2) is 0 Å². The zero-order valence-corrected chi connectivity index (χ0v) is 13.0. The summed E-state index contributed by atoms with van der Waals surface area (Å²) in [6.07, 6.45) is 11.5. The number of hydrazine groups is 1. The van der Waals surface area contributed by atoms with Crippen molar-refractivity contribution in [2.24, 2.45) is 11.3 Å². The van der Waals surface area contributed by atoms with E-state index in [1.165, 1.54) is 58.0 Å². The largest absolute Gasteiger partial charge is 0.364 e. The first-order valence-electron chi connectivity index (χ1n) is 8.59. The minimum atomic E-state index is -0.338. The van der Waals surface area contributed by atoms with Gasteiger partial charge in [-0.25, -0.2) is 5.84 Å². The van der Waals surface area contributed by atoms with Crippen molar-refractivity contribution in [2.45, 2.75) is 70.0 Å². The first-order valence-corrected chi connectivity index (χ1v) is 8.59. The minimum Gasteiger partial charge on any atom is -0.364 e. The summed E-state index contributed by atoms with van der Waals surface area (Å²) in [6.45, 7) is 3.38. The highest BCUT2D eigenvalue weighted by Crippen LogP contribution is 2.44. The molecule has 1 amide bonds. The number of carbonyl (C=O) groups excluding carboxylic acids is 1. The Labute approximate surface area is 127 Å². The fourth-order valence-electron chi connectivity index (χ4n) is 4.43. The molecule has 1 spiro atoms. The molecular formula is C16H29N3O2. The van der Waals surface area contributed by atoms with Crippen molar-refractivity contribution >= 4 is 5.91 Å². The highest BCUT2D eigenvalue weighted by Gasteiger charge is 2.37. The molecule has 1 aliphatic carbocycles. The van der Waals surface area contributed by atoms with E-state index in [9.17, 15) is 4.79 Å². The predicted octanol–water partition coefficient (Wildman–Crippen LogP) is 1.57. The van der Waals surface area contributed by atoms with E-state index in [1.54, 1.807) is 0 Å². The molecule has 3 aliphatic rings. The molecule has 0 radical (unpaired) electrons. The van der Waals surface area contributed by atoms with Gasteiger partial charge in [-0.3, -0.25) is 10.2 Å². The Hall–Kier alpha value is -0.650. The molecule has 2 aliphatic heterocycles. The third-order valence-electron chi connectivity index (χ3n) is 5.84. The third-order valence-corrected chi connectivity index (χ3v) is 5.84. The second-order valence-electron chi connectivity index (χ2n) is 7.19. The van der Waals surface area contributed by atoms with Gasteiger partial charge < -0.3 is 9.64 Å². The number of hydrogen-bond acceptors (Lipinski definition) is 4. The van der Waals surface area contributed by atoms with Crippen LogP contribution in [-0.2, 0) is 9.53 Å². The molecular weight excluding hydrogens is 266 g/mol. The topological polar surface area (TPSA) is 67.6 Å². The van der Waals surface area contributed by atoms with Gasteiger partial charge in [0, 0.05) is 6.54 Å². The second kappa shape index (κ2) is 6.63. The van der Waals surface area contributed by atoms with Gasteiger partial charge in [0.1, 0.15) is 6.10 Å². The summed E-state index contributed by atoms with van der Waals surface area (Å²) in [5, 5.41) is 0. The van der Waals surface area contributed by atoms with Crippen LogP contribution >= 0.6 is 0 Å². The number of ether oxygens (including phenoxy) is 1. The fraction of sp³-hybridized carbons (Fsp3) is 0.938. The number of amides is 1. The van der Waals surface area contributed by atoms with Gasteiger partial charge >= 0.3 is 0 Å². The molecule has 120 valence electrons. The maximum absolute atomic E-state index is 11.5. The lowest BCUT2D eigenvalue weighted by Crippen LogP contribution is -2.44. The zero-order chi connectivity index (χ0) is 14.7. The normalized spacial score (nSPS) is 33.2. The van der Waals surface area contributed by atoms with Crippen LogP contribution in [0.25, 0.3) is 0 Å². The Morgan fingerprint density at radius 2 is 1.86 bits per heavy atom. The van der Waals surface area contributed by atoms with E-state index in [0.29, 0.717) is 5.41 Å². The number of nitrogens with one attached hydrogen (secondary N) is 1. The van der Waals surface area contributed by atoms with Gasteiger partial charge in [0.2, 0.25) is 0 Å². The smallest absolute Gasteiger partial charge is 0.263 e. The SMILES string of the molecule is NNC(=O)C1CCC(CN2CCC3(CCCCC3)CC2)O1. The van der Waals surface area contributed by atoms with Crippen LogP contribution in [-0.4, -0.2) is 42.6 Å². The van der Waals surface area contributed by atoms with Crippen LogP contribution in [0, 0.1) is 5.41 Å². The molecule has 5 heteroatoms. The molecule has 3 rings (SSSR count). The van der Waals surface area contributed by atoms with Gasteiger partial charge in [-0.2, -0.15) is 0 Å². The summed E-state index contributed by atoms with van der Waals surface area (Å²) in [5.41, 5.74) is 2.85. The second-order valence-corrected chi connectivity index (χ2v) is 7.19. The van der Waals surface area contributed by atoms with Crippen LogP contribution in [0.4, 0.5) is 0 Å². The summed E-state index contributed by atoms with van der Waals surface area (Å²) < 4.78 is 5.82. The van der Waals surface area contributed by atoms with E-state index < -0.39 is 0 Å². The number of hydrogen-bond donors (Lipinski definition) is 2. The van der Waals surface area contributed by atoms with Crippen molar-refractivity contribution in [3.05, 3.63) is 0 Å². The highest BCUT2D eigenvalue weighted by atomic mass is 16.5. The molecule has 0 bridgehead atoms. The first kappa shape index (κ1) is 15.3. The van der Waals surface area contributed by atoms with Gasteiger partial charge in [0.25, 0.3) is 5.91 Å². The molecule has 1 saturated carbocycles. The molecule has 2 unspecified atom stereocenters. The Kier molecular flexibility index (Phi) is 4.82. The summed E-state index contributed by atoms with van der Waals surface area (Å²) in [6, 6.07) is 0. The van der Waals surface area contributed by atoms with Crippen molar-refractivity contribution in [1.29, 1.82) is 0 Å². The van der Waals surface area contributed by atoms with Crippen LogP contribution in [0.1, 0.15) is 57.8 Å². The van der Waals surface area contributed by atoms with E-state index in [1.807, 2.05) is 0 Å². The van der Waals surface area contributed by atoms with Crippen LogP contribution in [0.5, 0.6) is 0 Å². The van der Waals surface area contributed by atoms with Crippen molar-refractivity contribution in [3.63, 3.8) is 0 Å². The van der Waals surface area contributed by atoms with E-state index >= 15 is 0 Å². The zero-order valence-electron chi connectivity index (χ0n) is 13.0. The average molecular weight is 295 g/mol. The third kappa shape index (κ3) is 3.58. The van der Waals surface area contributed by atoms with Crippen LogP contribution in [0.3, 0.4) is 0 Å². The number of nitrogens with two attached hydrogens (primary N) is 1. The molecule has 21 heavy (non-hydrogen) atoms. The van der Waals surface area contributed by atoms with Crippen LogP contribution < -0.4 is 11.3 Å². The fourth-order valence-corrected chi connectivity index (χ4v) is 4.43. The summed E-state index contributed by atoms with van der Waals surface area (Å²) in [5.74, 6) is 4.99. The summed E-state index contributed by atoms with van der Waals surface area (Å²) in [7, 11) is 0. The molecule has 0 aromatic carbocycles. The highest BCUT2D eigenvalue weighted by molar-refractivity contribution is 5.80. The quantitative estimate of drug-likeness (QED) is 0.471. The molecule has 2 saturated heterocycles. The molecule has 0 aromatic heterocycles. The Bertz CT molecular complexity index is 359. The van der Waals surface area contributed by atoms with Crippen molar-refractivity contribution in [3.8, 4) is 0 Å². The maximum Gasteiger partial charge on any atom is 0.263 e. The monoisotopic (exact) mass is 295 g/mol. The molecule has 2 atom stereocenters. The summed E-state index contributed by atoms with van der Waals surface area (Å²) >= 11 is 0. The first-order chi connectivity index (χ1) is 10.2. The number of rotatable bonds is 3. The predicted molar refractivity (Wildman–Crippen MR) is 81.4 cm³/mol. The van der Waals surface area contributed by atoms with Gasteiger partial charge in [0.15, 0.2) is 0 Å². The van der Waals surface area contributed by atoms with Gasteiger partial charge in [-0.1, -0.05) is 19.3 Å². The Balaban J connectivity index is 1.42. The lowest BCUT2D eigenvalue weighted by Gasteiger charge is -2.44. The van der Waals surface area contributed by atoms with Crippen LogP contribution in [0.2, 0.25) is 0 Å². The van der Waals surface area contributed by atoms with Crippen molar-refractivity contribution in [2.75, 3.05) is 19.6 Å². The van der Waals surface area contributed by atoms with Crippen molar-refractivity contribution in [1.82, 2.24) is 10.3 Å². The van der Waals surface area contributed by atoms with Gasteiger partial charge in [0.05, 0.1) is 6.10 Å². The Morgan fingerprint density at radius 1 is 1.14 bits per heavy atom. The number of carbonyl (C=O) groups is 1. The molecule has 0 aromatic rings. The average Bonchev–Trinajstić information content (AvgIpc) is 2.98. The number of piperidine rings is 1. The molecule has 3 N–H and O–H groups in total. The van der Waals surface area contributed by atoms with Gasteiger partial charge in [-0.15, -0.1) is 0 Å². The van der Waals surface area contributed by atoms with E-state index in [0.717, 1.165) is 19.4 Å². The van der Waals surface area contributed by atoms with Gasteiger partial charge in [-0.05, 0) is 57.0 Å². The van der Waals surface area contributed by atoms with E-state index in [-0.39, 0.29) is 18.1 Å². The molecule has 2 heterocycles. The number of nitrogens with zero attached hydrogens (tertiary/aromatic N) is 1. The maximum atomic E-state index is 11.5. The van der Waals surface area contributed by atoms with E-state index in [2.05, 4.69) is 10.3 Å². The van der Waals surface area contributed by atoms with Crippen molar-refractivity contribution < 1.29 is 9.53 Å². The standard InChI is InChI=1S/C16H29N3O2/c17-18-15(20)14-5-4-13(21-14)12-19-10-8-16(9-11-19)6-2-1-3-7-16/h13-14H,1-12,17H2,(H,18,20).